The summed E-state index contributed by atoms with van der Waals surface area (Å²) in [5.74, 6) is -1.98. The van der Waals surface area contributed by atoms with E-state index in [4.69, 9.17) is 42.2 Å². The van der Waals surface area contributed by atoms with Crippen molar-refractivity contribution in [3.8, 4) is 0 Å². The van der Waals surface area contributed by atoms with Crippen LogP contribution < -0.4 is 0 Å². The van der Waals surface area contributed by atoms with Crippen molar-refractivity contribution in [1.82, 2.24) is 0 Å². The summed E-state index contributed by atoms with van der Waals surface area (Å²) in [6, 6.07) is 0. The molecule has 3 fully saturated rings. The van der Waals surface area contributed by atoms with Crippen molar-refractivity contribution in [1.29, 1.82) is 0 Å². The van der Waals surface area contributed by atoms with Crippen LogP contribution in [0.25, 0.3) is 0 Å². The molecule has 0 aromatic rings. The Morgan fingerprint density at radius 2 is 0.681 bits per heavy atom. The Hall–Kier alpha value is -2.04. The van der Waals surface area contributed by atoms with Crippen LogP contribution >= 0.6 is 7.82 Å². The Kier molecular flexibility index (Phi) is 47.7. The highest BCUT2D eigenvalue weighted by Gasteiger charge is 2.58. The van der Waals surface area contributed by atoms with Crippen LogP contribution in [0.4, 0.5) is 0 Å². The molecule has 554 valence electrons. The van der Waals surface area contributed by atoms with Gasteiger partial charge in [0.15, 0.2) is 18.7 Å². The molecule has 0 aromatic carbocycles. The number of hydrogen-bond donors (Lipinski definition) is 11. The summed E-state index contributed by atoms with van der Waals surface area (Å²) in [4.78, 5) is 50.9. The van der Waals surface area contributed by atoms with Gasteiger partial charge in [-0.1, -0.05) is 252 Å². The lowest BCUT2D eigenvalue weighted by atomic mass is 9.84. The highest BCUT2D eigenvalue weighted by atomic mass is 31.2. The van der Waals surface area contributed by atoms with Crippen LogP contribution in [-0.2, 0) is 61.2 Å². The maximum absolute atomic E-state index is 14.3. The molecule has 3 aliphatic rings. The van der Waals surface area contributed by atoms with Gasteiger partial charge in [-0.15, -0.1) is 0 Å². The van der Waals surface area contributed by atoms with Crippen molar-refractivity contribution in [2.75, 3.05) is 26.4 Å². The molecule has 18 unspecified atom stereocenters. The molecule has 11 N–H and O–H groups in total. The summed E-state index contributed by atoms with van der Waals surface area (Å²) >= 11 is 0. The van der Waals surface area contributed by atoms with Gasteiger partial charge in [0.2, 0.25) is 0 Å². The smallest absolute Gasteiger partial charge is 0.463 e. The average Bonchev–Trinajstić information content (AvgIpc) is 0.766. The highest BCUT2D eigenvalue weighted by molar-refractivity contribution is 7.47. The Morgan fingerprint density at radius 1 is 0.372 bits per heavy atom. The second-order valence-electron chi connectivity index (χ2n) is 26.7. The van der Waals surface area contributed by atoms with Gasteiger partial charge in [-0.05, 0) is 19.3 Å². The Morgan fingerprint density at radius 3 is 1.04 bits per heavy atom. The Balaban J connectivity index is 1.75. The van der Waals surface area contributed by atoms with Crippen molar-refractivity contribution >= 4 is 25.7 Å². The van der Waals surface area contributed by atoms with Crippen LogP contribution in [0.5, 0.6) is 0 Å². The third-order valence-corrected chi connectivity index (χ3v) is 19.4. The van der Waals surface area contributed by atoms with E-state index in [1.807, 2.05) is 0 Å². The third-order valence-electron chi connectivity index (χ3n) is 18.4. The Labute approximate surface area is 561 Å². The number of carbonyl (C=O) groups excluding carboxylic acids is 3. The topological polar surface area (TPSA) is 374 Å². The first kappa shape index (κ1) is 86.2. The lowest BCUT2D eigenvalue weighted by Gasteiger charge is -2.49. The van der Waals surface area contributed by atoms with E-state index in [0.29, 0.717) is 19.3 Å². The van der Waals surface area contributed by atoms with E-state index < -0.39 is 156 Å². The van der Waals surface area contributed by atoms with Crippen LogP contribution in [-0.4, -0.2) is 204 Å². The number of hydrogen-bond acceptors (Lipinski definition) is 23. The zero-order chi connectivity index (χ0) is 68.9. The minimum Gasteiger partial charge on any atom is -0.463 e. The SMILES string of the molecule is CCCCCCCCCCCCCCCCC(=O)OC(COC(=O)CCCCCCCCCCCCCC)COP(=O)(O)OC1C(OC2OC(CO)C(O)C(O)C2O)C(O)C(O)C(O)C1OC1OC(COC(=O)CCCCCCCCCCCCCCC)C(O)C(O)C1O. The maximum Gasteiger partial charge on any atom is 0.472 e. The first-order chi connectivity index (χ1) is 45.3. The van der Waals surface area contributed by atoms with Crippen LogP contribution in [0.1, 0.15) is 290 Å². The summed E-state index contributed by atoms with van der Waals surface area (Å²) in [5.41, 5.74) is 0. The molecule has 1 aliphatic carbocycles. The van der Waals surface area contributed by atoms with Gasteiger partial charge < -0.3 is 89.1 Å². The van der Waals surface area contributed by atoms with Crippen LogP contribution in [0, 0.1) is 0 Å². The first-order valence-corrected chi connectivity index (χ1v) is 38.3. The van der Waals surface area contributed by atoms with Gasteiger partial charge in [-0.25, -0.2) is 4.57 Å². The largest absolute Gasteiger partial charge is 0.472 e. The van der Waals surface area contributed by atoms with E-state index in [1.165, 1.54) is 135 Å². The molecule has 25 heteroatoms. The lowest BCUT2D eigenvalue weighted by molar-refractivity contribution is -0.360. The van der Waals surface area contributed by atoms with Crippen LogP contribution in [0.15, 0.2) is 0 Å². The zero-order valence-corrected chi connectivity index (χ0v) is 58.4. The molecule has 94 heavy (non-hydrogen) atoms. The molecule has 0 spiro atoms. The minimum atomic E-state index is -5.69. The molecule has 24 nitrogen and oxygen atoms in total. The van der Waals surface area contributed by atoms with Crippen molar-refractivity contribution < 1.29 is 117 Å². The third kappa shape index (κ3) is 35.3. The van der Waals surface area contributed by atoms with Gasteiger partial charge in [-0.2, -0.15) is 0 Å². The second-order valence-corrected chi connectivity index (χ2v) is 28.1. The van der Waals surface area contributed by atoms with E-state index in [1.54, 1.807) is 0 Å². The predicted octanol–water partition coefficient (Wildman–Crippen LogP) is 9.40. The van der Waals surface area contributed by atoms with Crippen molar-refractivity contribution in [3.63, 3.8) is 0 Å². The van der Waals surface area contributed by atoms with Gasteiger partial charge in [0.1, 0.15) is 98.7 Å². The molecule has 0 bridgehead atoms. The van der Waals surface area contributed by atoms with E-state index >= 15 is 0 Å². The molecule has 1 saturated carbocycles. The summed E-state index contributed by atoms with van der Waals surface area (Å²) in [6.45, 7) is 3.44. The number of phosphoric ester groups is 1. The number of carbonyl (C=O) groups is 3. The van der Waals surface area contributed by atoms with Crippen molar-refractivity contribution in [2.24, 2.45) is 0 Å². The number of unbranched alkanes of at least 4 members (excludes halogenated alkanes) is 36. The average molecular weight is 1370 g/mol. The molecule has 2 saturated heterocycles. The molecule has 18 atom stereocenters. The fourth-order valence-electron chi connectivity index (χ4n) is 12.3. The Bertz CT molecular complexity index is 1960. The van der Waals surface area contributed by atoms with Crippen molar-refractivity contribution in [3.05, 3.63) is 0 Å². The van der Waals surface area contributed by atoms with Gasteiger partial charge >= 0.3 is 25.7 Å². The predicted molar refractivity (Wildman–Crippen MR) is 352 cm³/mol. The van der Waals surface area contributed by atoms with Gasteiger partial charge in [0, 0.05) is 19.3 Å². The molecule has 0 aromatic heterocycles. The van der Waals surface area contributed by atoms with Gasteiger partial charge in [0.25, 0.3) is 0 Å². The fourth-order valence-corrected chi connectivity index (χ4v) is 13.3. The number of esters is 3. The number of aliphatic hydroxyl groups excluding tert-OH is 10. The summed E-state index contributed by atoms with van der Waals surface area (Å²) < 4.78 is 64.9. The first-order valence-electron chi connectivity index (χ1n) is 36.8. The minimum absolute atomic E-state index is 0.0333. The molecule has 2 aliphatic heterocycles. The van der Waals surface area contributed by atoms with Crippen LogP contribution in [0.3, 0.4) is 0 Å². The standard InChI is InChI=1S/C69H129O24P/c1-4-7-10-13-16-19-22-25-27-30-33-36-39-42-45-55(73)88-50(47-85-53(71)43-40-37-34-31-28-24-21-18-15-12-9-6-3)48-87-94(83,84)93-67-65(91-68-63(81)58(76)56(74)51(46-70)89-68)61(79)60(78)62(80)66(67)92-69-64(82)59(77)57(75)52(90-69)49-86-54(72)44-41-38-35-32-29-26-23-20-17-14-11-8-5-2/h50-52,56-70,74-82H,4-49H2,1-3H3,(H,83,84). The van der Waals surface area contributed by atoms with E-state index in [0.717, 1.165) is 96.3 Å². The van der Waals surface area contributed by atoms with Gasteiger partial charge in [0.05, 0.1) is 13.2 Å². The number of aliphatic hydroxyl groups is 10. The van der Waals surface area contributed by atoms with Crippen LogP contribution in [0.2, 0.25) is 0 Å². The summed E-state index contributed by atoms with van der Waals surface area (Å²) in [5, 5.41) is 110. The normalized spacial score (nSPS) is 28.2. The number of rotatable bonds is 57. The van der Waals surface area contributed by atoms with E-state index in [2.05, 4.69) is 20.8 Å². The zero-order valence-electron chi connectivity index (χ0n) is 57.5. The van der Waals surface area contributed by atoms with E-state index in [9.17, 15) is 74.9 Å². The number of phosphoric acid groups is 1. The summed E-state index contributed by atoms with van der Waals surface area (Å²) in [6.07, 6.45) is 7.54. The lowest BCUT2D eigenvalue weighted by Crippen LogP contribution is -2.69. The molecule has 0 radical (unpaired) electrons. The van der Waals surface area contributed by atoms with E-state index in [-0.39, 0.29) is 19.3 Å². The monoisotopic (exact) mass is 1370 g/mol. The summed E-state index contributed by atoms with van der Waals surface area (Å²) in [7, 11) is -5.69. The molecular weight excluding hydrogens is 1240 g/mol. The number of ether oxygens (including phenoxy) is 7. The van der Waals surface area contributed by atoms with Gasteiger partial charge in [-0.3, -0.25) is 23.4 Å². The quantitative estimate of drug-likeness (QED) is 0.0117. The fraction of sp³-hybridized carbons (Fsp3) is 0.957. The molecule has 2 heterocycles. The molecule has 3 rings (SSSR count). The molecular formula is C69H129O24P. The highest BCUT2D eigenvalue weighted by Crippen LogP contribution is 2.49. The molecule has 0 amide bonds. The maximum atomic E-state index is 14.3. The second kappa shape index (κ2) is 52.0. The van der Waals surface area contributed by atoms with Crippen molar-refractivity contribution in [2.45, 2.75) is 395 Å².